The summed E-state index contributed by atoms with van der Waals surface area (Å²) in [7, 11) is -0.853. The lowest BCUT2D eigenvalue weighted by Crippen LogP contribution is -2.39. The summed E-state index contributed by atoms with van der Waals surface area (Å²) in [5.41, 5.74) is 2.18. The van der Waals surface area contributed by atoms with Gasteiger partial charge in [0.1, 0.15) is 5.75 Å². The second kappa shape index (κ2) is 10.4. The van der Waals surface area contributed by atoms with Crippen LogP contribution in [-0.2, 0) is 14.8 Å². The second-order valence-corrected chi connectivity index (χ2v) is 10.5. The van der Waals surface area contributed by atoms with Gasteiger partial charge in [-0.15, -0.1) is 0 Å². The fourth-order valence-corrected chi connectivity index (χ4v) is 4.95. The molecule has 2 aromatic carbocycles. The minimum Gasteiger partial charge on any atom is -0.497 e. The summed E-state index contributed by atoms with van der Waals surface area (Å²) in [5, 5.41) is 2.90. The van der Waals surface area contributed by atoms with E-state index in [2.05, 4.69) is 29.3 Å². The van der Waals surface area contributed by atoms with Gasteiger partial charge in [0.15, 0.2) is 0 Å². The molecule has 1 fully saturated rings. The minimum absolute atomic E-state index is 0.115. The number of nitrogens with one attached hydrogen (secondary N) is 1. The third kappa shape index (κ3) is 5.81. The van der Waals surface area contributed by atoms with E-state index < -0.39 is 10.0 Å². The van der Waals surface area contributed by atoms with Gasteiger partial charge in [-0.1, -0.05) is 19.1 Å². The van der Waals surface area contributed by atoms with Crippen LogP contribution in [0.25, 0.3) is 0 Å². The van der Waals surface area contributed by atoms with Crippen LogP contribution in [-0.4, -0.2) is 52.4 Å². The summed E-state index contributed by atoms with van der Waals surface area (Å²) in [6, 6.07) is 14.1. The van der Waals surface area contributed by atoms with Crippen LogP contribution in [0.3, 0.4) is 0 Å². The molecule has 1 unspecified atom stereocenters. The largest absolute Gasteiger partial charge is 0.497 e. The van der Waals surface area contributed by atoms with Crippen molar-refractivity contribution in [2.75, 3.05) is 38.7 Å². The average molecular weight is 460 g/mol. The first-order valence-electron chi connectivity index (χ1n) is 11.0. The van der Waals surface area contributed by atoms with Crippen molar-refractivity contribution in [3.63, 3.8) is 0 Å². The van der Waals surface area contributed by atoms with Gasteiger partial charge in [0, 0.05) is 25.8 Å². The zero-order valence-corrected chi connectivity index (χ0v) is 20.1. The zero-order chi connectivity index (χ0) is 23.3. The van der Waals surface area contributed by atoms with Gasteiger partial charge in [-0.2, -0.15) is 4.31 Å². The summed E-state index contributed by atoms with van der Waals surface area (Å²) in [6.45, 7) is 6.07. The summed E-state index contributed by atoms with van der Waals surface area (Å²) in [6.07, 6.45) is 2.42. The van der Waals surface area contributed by atoms with Gasteiger partial charge >= 0.3 is 0 Å². The van der Waals surface area contributed by atoms with Crippen LogP contribution in [0.4, 0.5) is 5.69 Å². The number of benzene rings is 2. The lowest BCUT2D eigenvalue weighted by molar-refractivity contribution is -0.121. The number of hydrogen-bond acceptors (Lipinski definition) is 5. The maximum atomic E-state index is 12.7. The molecule has 0 bridgehead atoms. The van der Waals surface area contributed by atoms with Gasteiger partial charge in [-0.3, -0.25) is 4.79 Å². The van der Waals surface area contributed by atoms with Crippen LogP contribution < -0.4 is 15.0 Å². The zero-order valence-electron chi connectivity index (χ0n) is 19.2. The Bertz CT molecular complexity index is 999. The molecule has 174 valence electrons. The number of anilines is 1. The standard InChI is InChI=1S/C24H33N3O4S/c1-18-13-15-27(16-14-18)21-7-5-20(6-8-21)19(2)25-24(28)17-26(3)32(29,30)23-11-9-22(31-4)10-12-23/h5-12,18-19H,13-17H2,1-4H3,(H,25,28). The van der Waals surface area contributed by atoms with E-state index in [1.807, 2.05) is 19.1 Å². The molecule has 3 rings (SSSR count). The van der Waals surface area contributed by atoms with Crippen molar-refractivity contribution >= 4 is 21.6 Å². The molecule has 0 aromatic heterocycles. The number of sulfonamides is 1. The predicted octanol–water partition coefficient (Wildman–Crippen LogP) is 3.43. The molecule has 1 heterocycles. The molecule has 0 spiro atoms. The number of rotatable bonds is 8. The smallest absolute Gasteiger partial charge is 0.243 e. The predicted molar refractivity (Wildman–Crippen MR) is 126 cm³/mol. The number of ether oxygens (including phenoxy) is 1. The average Bonchev–Trinajstić information content (AvgIpc) is 2.79. The van der Waals surface area contributed by atoms with E-state index in [-0.39, 0.29) is 23.4 Å². The molecule has 1 saturated heterocycles. The highest BCUT2D eigenvalue weighted by Crippen LogP contribution is 2.25. The normalized spacial score (nSPS) is 16.1. The summed E-state index contributed by atoms with van der Waals surface area (Å²) >= 11 is 0. The van der Waals surface area contributed by atoms with E-state index in [4.69, 9.17) is 4.74 Å². The number of nitrogens with zero attached hydrogens (tertiary/aromatic N) is 2. The van der Waals surface area contributed by atoms with Crippen LogP contribution in [0.15, 0.2) is 53.4 Å². The van der Waals surface area contributed by atoms with E-state index in [9.17, 15) is 13.2 Å². The molecule has 1 atom stereocenters. The van der Waals surface area contributed by atoms with E-state index in [1.165, 1.54) is 44.8 Å². The van der Waals surface area contributed by atoms with Crippen LogP contribution >= 0.6 is 0 Å². The molecule has 0 saturated carbocycles. The van der Waals surface area contributed by atoms with Crippen molar-refractivity contribution in [1.82, 2.24) is 9.62 Å². The molecule has 1 aliphatic heterocycles. The number of amides is 1. The van der Waals surface area contributed by atoms with Crippen molar-refractivity contribution in [3.8, 4) is 5.75 Å². The number of methoxy groups -OCH3 is 1. The van der Waals surface area contributed by atoms with Gasteiger partial charge in [0.25, 0.3) is 0 Å². The molecule has 1 aliphatic rings. The molecular weight excluding hydrogens is 426 g/mol. The highest BCUT2D eigenvalue weighted by Gasteiger charge is 2.24. The second-order valence-electron chi connectivity index (χ2n) is 8.49. The Hall–Kier alpha value is -2.58. The Balaban J connectivity index is 1.56. The molecule has 8 heteroatoms. The Morgan fingerprint density at radius 1 is 1.12 bits per heavy atom. The van der Waals surface area contributed by atoms with Crippen molar-refractivity contribution in [2.45, 2.75) is 37.6 Å². The van der Waals surface area contributed by atoms with E-state index in [0.717, 1.165) is 28.9 Å². The summed E-state index contributed by atoms with van der Waals surface area (Å²) < 4.78 is 31.6. The Morgan fingerprint density at radius 2 is 1.72 bits per heavy atom. The van der Waals surface area contributed by atoms with E-state index >= 15 is 0 Å². The van der Waals surface area contributed by atoms with Gasteiger partial charge in [0.2, 0.25) is 15.9 Å². The van der Waals surface area contributed by atoms with Crippen molar-refractivity contribution < 1.29 is 17.9 Å². The van der Waals surface area contributed by atoms with Crippen LogP contribution in [0.1, 0.15) is 38.3 Å². The number of piperidine rings is 1. The Labute approximate surface area is 191 Å². The first kappa shape index (κ1) is 24.1. The molecule has 7 nitrogen and oxygen atoms in total. The fourth-order valence-electron chi connectivity index (χ4n) is 3.83. The maximum Gasteiger partial charge on any atom is 0.243 e. The molecule has 1 N–H and O–H groups in total. The number of carbonyl (C=O) groups is 1. The van der Waals surface area contributed by atoms with Crippen molar-refractivity contribution in [2.24, 2.45) is 5.92 Å². The first-order chi connectivity index (χ1) is 15.2. The Kier molecular flexibility index (Phi) is 7.79. The van der Waals surface area contributed by atoms with Crippen LogP contribution in [0.5, 0.6) is 5.75 Å². The topological polar surface area (TPSA) is 79.0 Å². The fraction of sp³-hybridized carbons (Fsp3) is 0.458. The van der Waals surface area contributed by atoms with Crippen molar-refractivity contribution in [1.29, 1.82) is 0 Å². The van der Waals surface area contributed by atoms with Gasteiger partial charge in [-0.05, 0) is 67.6 Å². The van der Waals surface area contributed by atoms with Crippen LogP contribution in [0, 0.1) is 5.92 Å². The number of hydrogen-bond donors (Lipinski definition) is 1. The van der Waals surface area contributed by atoms with Gasteiger partial charge in [0.05, 0.1) is 24.6 Å². The maximum absolute atomic E-state index is 12.7. The summed E-state index contributed by atoms with van der Waals surface area (Å²) in [4.78, 5) is 15.0. The Morgan fingerprint density at radius 3 is 2.28 bits per heavy atom. The van der Waals surface area contributed by atoms with E-state index in [0.29, 0.717) is 5.75 Å². The monoisotopic (exact) mass is 459 g/mol. The number of likely N-dealkylation sites (N-methyl/N-ethyl adjacent to an activating group) is 1. The highest BCUT2D eigenvalue weighted by atomic mass is 32.2. The molecule has 0 radical (unpaired) electrons. The first-order valence-corrected chi connectivity index (χ1v) is 12.4. The molecular formula is C24H33N3O4S. The molecule has 32 heavy (non-hydrogen) atoms. The van der Waals surface area contributed by atoms with Gasteiger partial charge in [-0.25, -0.2) is 8.42 Å². The number of carbonyl (C=O) groups excluding carboxylic acids is 1. The molecule has 0 aliphatic carbocycles. The lowest BCUT2D eigenvalue weighted by Gasteiger charge is -2.32. The third-order valence-corrected chi connectivity index (χ3v) is 7.87. The quantitative estimate of drug-likeness (QED) is 0.654. The lowest BCUT2D eigenvalue weighted by atomic mass is 9.98. The molecule has 1 amide bonds. The van der Waals surface area contributed by atoms with Gasteiger partial charge < -0.3 is 15.0 Å². The van der Waals surface area contributed by atoms with E-state index in [1.54, 1.807) is 12.1 Å². The summed E-state index contributed by atoms with van der Waals surface area (Å²) in [5.74, 6) is 0.998. The highest BCUT2D eigenvalue weighted by molar-refractivity contribution is 7.89. The third-order valence-electron chi connectivity index (χ3n) is 6.05. The SMILES string of the molecule is COc1ccc(S(=O)(=O)N(C)CC(=O)NC(C)c2ccc(N3CCC(C)CC3)cc2)cc1. The molecule has 2 aromatic rings. The van der Waals surface area contributed by atoms with Crippen molar-refractivity contribution in [3.05, 3.63) is 54.1 Å². The minimum atomic E-state index is -3.77. The van der Waals surface area contributed by atoms with Crippen LogP contribution in [0.2, 0.25) is 0 Å².